The third-order valence-corrected chi connectivity index (χ3v) is 3.96. The lowest BCUT2D eigenvalue weighted by Gasteiger charge is -2.15. The summed E-state index contributed by atoms with van der Waals surface area (Å²) in [5.74, 6) is -0.213. The van der Waals surface area contributed by atoms with Crippen LogP contribution < -0.4 is 0 Å². The predicted molar refractivity (Wildman–Crippen MR) is 129 cm³/mol. The number of methoxy groups -OCH3 is 1. The zero-order chi connectivity index (χ0) is 28.1. The number of carbonyl (C=O) groups is 3. The van der Waals surface area contributed by atoms with Gasteiger partial charge in [0.1, 0.15) is 0 Å². The lowest BCUT2D eigenvalue weighted by Crippen LogP contribution is -2.25. The molecule has 13 heteroatoms. The van der Waals surface area contributed by atoms with Gasteiger partial charge in [-0.2, -0.15) is 0 Å². The normalized spacial score (nSPS) is 10.2. The molecule has 0 aliphatic heterocycles. The summed E-state index contributed by atoms with van der Waals surface area (Å²) in [6.07, 6.45) is -1.17. The van der Waals surface area contributed by atoms with Crippen LogP contribution in [0, 0.1) is 0 Å². The first kappa shape index (κ1) is 39.3. The molecule has 12 nitrogen and oxygen atoms in total. The molecule has 0 rings (SSSR count). The molecule has 0 bridgehead atoms. The minimum atomic E-state index is -3.24. The maximum atomic E-state index is 11.1. The summed E-state index contributed by atoms with van der Waals surface area (Å²) in [7, 11) is 3.93. The molecule has 0 aliphatic rings. The Bertz CT molecular complexity index is 571. The van der Waals surface area contributed by atoms with Crippen molar-refractivity contribution in [2.75, 3.05) is 35.4 Å². The van der Waals surface area contributed by atoms with E-state index in [0.717, 1.165) is 0 Å². The van der Waals surface area contributed by atoms with Gasteiger partial charge in [-0.3, -0.25) is 18.4 Å². The van der Waals surface area contributed by atoms with Gasteiger partial charge in [0.15, 0.2) is 0 Å². The van der Waals surface area contributed by atoms with Gasteiger partial charge in [-0.15, -0.1) is 0 Å². The molecule has 0 saturated heterocycles. The maximum absolute atomic E-state index is 11.1. The molecular weight excluding hydrogens is 473 g/mol. The number of ether oxygens (including phenoxy) is 4. The summed E-state index contributed by atoms with van der Waals surface area (Å²) in [5.41, 5.74) is 0. The van der Waals surface area contributed by atoms with E-state index in [-0.39, 0.29) is 36.5 Å². The molecule has 0 aliphatic carbocycles. The number of esters is 1. The van der Waals surface area contributed by atoms with E-state index in [1.807, 2.05) is 27.7 Å². The Morgan fingerprint density at radius 3 is 1.15 bits per heavy atom. The number of phosphoric acid groups is 1. The Kier molecular flexibility index (Phi) is 26.5. The van der Waals surface area contributed by atoms with Crippen molar-refractivity contribution in [3.8, 4) is 0 Å². The van der Waals surface area contributed by atoms with E-state index >= 15 is 0 Å². The van der Waals surface area contributed by atoms with Gasteiger partial charge < -0.3 is 23.8 Å². The molecule has 0 radical (unpaired) electrons. The van der Waals surface area contributed by atoms with Crippen molar-refractivity contribution in [3.63, 3.8) is 0 Å². The van der Waals surface area contributed by atoms with E-state index in [2.05, 4.69) is 23.3 Å². The molecular formula is C21H46NO11P. The molecule has 0 fully saturated rings. The van der Waals surface area contributed by atoms with Gasteiger partial charge in [0.2, 0.25) is 0 Å². The maximum Gasteiger partial charge on any atom is 0.508 e. The predicted octanol–water partition coefficient (Wildman–Crippen LogP) is 5.04. The number of amides is 1. The fourth-order valence-corrected chi connectivity index (χ4v) is 2.14. The van der Waals surface area contributed by atoms with E-state index in [1.165, 1.54) is 33.2 Å². The van der Waals surface area contributed by atoms with Gasteiger partial charge in [0, 0.05) is 35.2 Å². The minimum absolute atomic E-state index is 0.0255. The van der Waals surface area contributed by atoms with Gasteiger partial charge in [0.25, 0.3) is 0 Å². The summed E-state index contributed by atoms with van der Waals surface area (Å²) in [6, 6.07) is 0. The van der Waals surface area contributed by atoms with Gasteiger partial charge >= 0.3 is 26.0 Å². The Morgan fingerprint density at radius 2 is 1.06 bits per heavy atom. The van der Waals surface area contributed by atoms with Crippen molar-refractivity contribution in [1.82, 2.24) is 4.90 Å². The first-order valence-corrected chi connectivity index (χ1v) is 12.0. The summed E-state index contributed by atoms with van der Waals surface area (Å²) in [6.45, 7) is 15.7. The molecule has 34 heavy (non-hydrogen) atoms. The summed E-state index contributed by atoms with van der Waals surface area (Å²) < 4.78 is 43.1. The Morgan fingerprint density at radius 1 is 0.676 bits per heavy atom. The fourth-order valence-electron chi connectivity index (χ4n) is 1.30. The van der Waals surface area contributed by atoms with Gasteiger partial charge in [-0.05, 0) is 55.4 Å². The second-order valence-electron chi connectivity index (χ2n) is 7.57. The second kappa shape index (κ2) is 22.9. The molecule has 0 heterocycles. The number of rotatable bonds is 7. The van der Waals surface area contributed by atoms with Crippen LogP contribution in [0.25, 0.3) is 0 Å². The average molecular weight is 520 g/mol. The van der Waals surface area contributed by atoms with E-state index in [4.69, 9.17) is 9.26 Å². The Balaban J connectivity index is -0.000000178. The lowest BCUT2D eigenvalue weighted by molar-refractivity contribution is -0.144. The van der Waals surface area contributed by atoms with Crippen LogP contribution in [0.15, 0.2) is 0 Å². The minimum Gasteiger partial charge on any atom is -0.463 e. The van der Waals surface area contributed by atoms with Crippen LogP contribution >= 0.6 is 7.82 Å². The molecule has 206 valence electrons. The van der Waals surface area contributed by atoms with Crippen molar-refractivity contribution in [2.45, 2.75) is 86.7 Å². The summed E-state index contributed by atoms with van der Waals surface area (Å²) >= 11 is 0. The first-order valence-electron chi connectivity index (χ1n) is 10.6. The lowest BCUT2D eigenvalue weighted by atomic mass is 10.5. The number of phosphoric ester groups is 1. The third-order valence-electron chi connectivity index (χ3n) is 2.39. The van der Waals surface area contributed by atoms with Crippen molar-refractivity contribution in [1.29, 1.82) is 0 Å². The zero-order valence-electron chi connectivity index (χ0n) is 23.2. The molecule has 0 spiro atoms. The summed E-state index contributed by atoms with van der Waals surface area (Å²) in [4.78, 5) is 32.3. The van der Waals surface area contributed by atoms with Crippen LogP contribution in [-0.4, -0.2) is 83.0 Å². The standard InChI is InChI=1S/C6H13NO2.C5H13O4P.C5H10O3.C5H10O2/c1-5(2)9-6(8)7(3)4;1-5(2)9-10(6,7-3)8-4;1-4(2)8-5(6)7-3;1-4(2)7-5(3)6/h5H,1-4H3;5H,1-4H3;4H,1-3H3;4H,1-3H3. The van der Waals surface area contributed by atoms with Crippen LogP contribution in [0.5, 0.6) is 0 Å². The first-order chi connectivity index (χ1) is 15.4. The van der Waals surface area contributed by atoms with Crippen LogP contribution in [-0.2, 0) is 41.9 Å². The third kappa shape index (κ3) is 34.7. The molecule has 0 aromatic heterocycles. The topological polar surface area (TPSA) is 136 Å². The van der Waals surface area contributed by atoms with Crippen molar-refractivity contribution in [3.05, 3.63) is 0 Å². The average Bonchev–Trinajstić information content (AvgIpc) is 2.66. The number of nitrogens with zero attached hydrogens (tertiary/aromatic N) is 1. The molecule has 0 saturated carbocycles. The zero-order valence-corrected chi connectivity index (χ0v) is 24.1. The molecule has 0 N–H and O–H groups in total. The van der Waals surface area contributed by atoms with E-state index < -0.39 is 14.0 Å². The van der Waals surface area contributed by atoms with Crippen LogP contribution in [0.2, 0.25) is 0 Å². The van der Waals surface area contributed by atoms with Gasteiger partial charge in [0.05, 0.1) is 31.5 Å². The highest BCUT2D eigenvalue weighted by Gasteiger charge is 2.23. The number of hydrogen-bond acceptors (Lipinski definition) is 11. The second-order valence-corrected chi connectivity index (χ2v) is 9.41. The molecule has 1 amide bonds. The monoisotopic (exact) mass is 519 g/mol. The van der Waals surface area contributed by atoms with Crippen molar-refractivity contribution in [2.24, 2.45) is 0 Å². The quantitative estimate of drug-likeness (QED) is 0.254. The van der Waals surface area contributed by atoms with Crippen LogP contribution in [0.1, 0.15) is 62.3 Å². The fraction of sp³-hybridized carbons (Fsp3) is 0.857. The number of carbonyl (C=O) groups excluding carboxylic acids is 3. The molecule has 0 aromatic rings. The van der Waals surface area contributed by atoms with Crippen molar-refractivity contribution < 1.29 is 51.5 Å². The molecule has 0 aromatic carbocycles. The van der Waals surface area contributed by atoms with E-state index in [0.29, 0.717) is 0 Å². The Labute approximate surface area is 205 Å². The molecule has 0 unspecified atom stereocenters. The van der Waals surface area contributed by atoms with Crippen LogP contribution in [0.3, 0.4) is 0 Å². The Hall–Kier alpha value is -1.88. The van der Waals surface area contributed by atoms with Gasteiger partial charge in [-0.25, -0.2) is 14.2 Å². The van der Waals surface area contributed by atoms with Crippen molar-refractivity contribution >= 4 is 26.0 Å². The smallest absolute Gasteiger partial charge is 0.463 e. The van der Waals surface area contributed by atoms with E-state index in [1.54, 1.807) is 41.8 Å². The SMILES string of the molecule is CC(=O)OC(C)C.CC(C)OC(=O)N(C)C.COC(=O)OC(C)C.COP(=O)(OC)OC(C)C. The van der Waals surface area contributed by atoms with E-state index in [9.17, 15) is 18.9 Å². The highest BCUT2D eigenvalue weighted by molar-refractivity contribution is 7.48. The van der Waals surface area contributed by atoms with Crippen LogP contribution in [0.4, 0.5) is 9.59 Å². The summed E-state index contributed by atoms with van der Waals surface area (Å²) in [5, 5.41) is 0. The number of hydrogen-bond donors (Lipinski definition) is 0. The highest BCUT2D eigenvalue weighted by Crippen LogP contribution is 2.48. The van der Waals surface area contributed by atoms with Gasteiger partial charge in [-0.1, -0.05) is 0 Å². The largest absolute Gasteiger partial charge is 0.508 e. The highest BCUT2D eigenvalue weighted by atomic mass is 31.2. The molecule has 0 atom stereocenters.